The van der Waals surface area contributed by atoms with Gasteiger partial charge in [0.05, 0.1) is 35.0 Å². The average molecular weight is 661 g/mol. The van der Waals surface area contributed by atoms with E-state index in [-0.39, 0.29) is 30.8 Å². The molecule has 2 saturated carbocycles. The third-order valence-corrected chi connectivity index (χ3v) is 9.73. The Morgan fingerprint density at radius 3 is 2.40 bits per heavy atom. The summed E-state index contributed by atoms with van der Waals surface area (Å²) in [6.45, 7) is 0.334. The number of aliphatic carboxylic acids is 1. The molecule has 0 unspecified atom stereocenters. The zero-order chi connectivity index (χ0) is 30.2. The molecule has 5 rings (SSSR count). The second-order valence-electron chi connectivity index (χ2n) is 11.0. The molecule has 11 nitrogen and oxygen atoms in total. The van der Waals surface area contributed by atoms with E-state index < -0.39 is 27.8 Å². The van der Waals surface area contributed by atoms with E-state index in [1.54, 1.807) is 17.8 Å². The molecule has 1 heterocycles. The van der Waals surface area contributed by atoms with Crippen molar-refractivity contribution in [1.82, 2.24) is 20.4 Å². The molecular formula is C29H34BrN5O6S. The van der Waals surface area contributed by atoms with Crippen molar-refractivity contribution in [1.29, 1.82) is 0 Å². The molecule has 1 aromatic heterocycles. The van der Waals surface area contributed by atoms with Gasteiger partial charge in [-0.3, -0.25) is 18.7 Å². The number of nitrogens with one attached hydrogen (secondary N) is 2. The lowest BCUT2D eigenvalue weighted by Gasteiger charge is -2.25. The minimum Gasteiger partial charge on any atom is -0.481 e. The number of hydrogen-bond donors (Lipinski definition) is 3. The first-order valence-electron chi connectivity index (χ1n) is 14.0. The highest BCUT2D eigenvalue weighted by molar-refractivity contribution is 9.10. The van der Waals surface area contributed by atoms with Crippen molar-refractivity contribution in [2.45, 2.75) is 44.4 Å². The van der Waals surface area contributed by atoms with Gasteiger partial charge in [-0.1, -0.05) is 22.4 Å². The van der Waals surface area contributed by atoms with Crippen LogP contribution < -0.4 is 14.9 Å². The zero-order valence-corrected chi connectivity index (χ0v) is 25.9. The number of benzene rings is 2. The number of anilines is 1. The van der Waals surface area contributed by atoms with E-state index in [1.165, 1.54) is 4.31 Å². The predicted molar refractivity (Wildman–Crippen MR) is 162 cm³/mol. The molecular weight excluding hydrogens is 626 g/mol. The van der Waals surface area contributed by atoms with Gasteiger partial charge < -0.3 is 15.7 Å². The van der Waals surface area contributed by atoms with Crippen molar-refractivity contribution in [3.8, 4) is 5.69 Å². The standard InChI is InChI=1S/C29H34BrN5O6S/c1-31-28(37)26-23-15-22(17-7-8-17)25(16-24(23)33-35(26)19-11-9-18(30)10-12-19)34(42(2,40)41)14-4-13-32-27(36)20-5-3-6-21(20)29(38)39/h9-12,15-17,20-21H,3-8,13-14H2,1-2H3,(H,31,37)(H,32,36)(H,38,39)/t20-,21-/m0/s1. The van der Waals surface area contributed by atoms with Crippen LogP contribution in [-0.4, -0.2) is 67.5 Å². The van der Waals surface area contributed by atoms with Gasteiger partial charge in [0, 0.05) is 30.0 Å². The number of rotatable bonds is 11. The molecule has 2 aliphatic carbocycles. The second-order valence-corrected chi connectivity index (χ2v) is 13.8. The Morgan fingerprint density at radius 2 is 1.79 bits per heavy atom. The molecule has 0 spiro atoms. The number of fused-ring (bicyclic) bond motifs is 1. The summed E-state index contributed by atoms with van der Waals surface area (Å²) in [6.07, 6.45) is 5.03. The van der Waals surface area contributed by atoms with E-state index in [1.807, 2.05) is 30.3 Å². The van der Waals surface area contributed by atoms with Gasteiger partial charge in [-0.2, -0.15) is 5.10 Å². The SMILES string of the molecule is CNC(=O)c1c2cc(C3CC3)c(N(CCCNC(=O)[C@H]3CCC[C@@H]3C(=O)O)S(C)(=O)=O)cc2nn1-c1ccc(Br)cc1. The van der Waals surface area contributed by atoms with Gasteiger partial charge in [-0.15, -0.1) is 0 Å². The number of hydrogen-bond acceptors (Lipinski definition) is 6. The van der Waals surface area contributed by atoms with Crippen LogP contribution in [0.15, 0.2) is 40.9 Å². The van der Waals surface area contributed by atoms with Crippen molar-refractivity contribution >= 4 is 60.3 Å². The Hall–Kier alpha value is -3.45. The molecule has 2 aliphatic rings. The Labute approximate surface area is 252 Å². The largest absolute Gasteiger partial charge is 0.481 e. The van der Waals surface area contributed by atoms with Gasteiger partial charge in [-0.05, 0) is 80.0 Å². The fourth-order valence-electron chi connectivity index (χ4n) is 5.78. The van der Waals surface area contributed by atoms with E-state index in [2.05, 4.69) is 26.6 Å². The maximum atomic E-state index is 13.1. The van der Waals surface area contributed by atoms with Gasteiger partial charge in [0.1, 0.15) is 5.69 Å². The molecule has 224 valence electrons. The average Bonchev–Trinajstić information content (AvgIpc) is 3.54. The summed E-state index contributed by atoms with van der Waals surface area (Å²) in [5.41, 5.74) is 2.89. The number of carboxylic acid groups (broad SMARTS) is 1. The number of carboxylic acids is 1. The molecule has 0 aliphatic heterocycles. The van der Waals surface area contributed by atoms with Crippen LogP contribution in [0, 0.1) is 11.8 Å². The van der Waals surface area contributed by atoms with E-state index in [9.17, 15) is 27.9 Å². The molecule has 2 atom stereocenters. The lowest BCUT2D eigenvalue weighted by molar-refractivity contribution is -0.146. The Balaban J connectivity index is 1.45. The molecule has 13 heteroatoms. The number of carbonyl (C=O) groups is 3. The van der Waals surface area contributed by atoms with E-state index >= 15 is 0 Å². The molecule has 42 heavy (non-hydrogen) atoms. The van der Waals surface area contributed by atoms with Crippen molar-refractivity contribution in [3.63, 3.8) is 0 Å². The first-order valence-corrected chi connectivity index (χ1v) is 16.7. The number of aromatic nitrogens is 2. The lowest BCUT2D eigenvalue weighted by Crippen LogP contribution is -2.38. The first-order chi connectivity index (χ1) is 20.0. The fraction of sp³-hybridized carbons (Fsp3) is 0.448. The number of halogens is 1. The van der Waals surface area contributed by atoms with Crippen LogP contribution in [0.4, 0.5) is 5.69 Å². The highest BCUT2D eigenvalue weighted by Crippen LogP contribution is 2.46. The quantitative estimate of drug-likeness (QED) is 0.265. The number of nitrogens with zero attached hydrogens (tertiary/aromatic N) is 3. The van der Waals surface area contributed by atoms with Crippen LogP contribution >= 0.6 is 15.9 Å². The summed E-state index contributed by atoms with van der Waals surface area (Å²) in [5, 5.41) is 20.3. The molecule has 2 amide bonds. The maximum Gasteiger partial charge on any atom is 0.307 e. The van der Waals surface area contributed by atoms with Gasteiger partial charge in [0.25, 0.3) is 5.91 Å². The fourth-order valence-corrected chi connectivity index (χ4v) is 7.02. The number of amides is 2. The molecule has 0 saturated heterocycles. The van der Waals surface area contributed by atoms with Crippen molar-refractivity contribution in [2.24, 2.45) is 11.8 Å². The second kappa shape index (κ2) is 12.0. The normalized spacial score (nSPS) is 18.6. The number of sulfonamides is 1. The van der Waals surface area contributed by atoms with Crippen molar-refractivity contribution in [3.05, 3.63) is 52.1 Å². The van der Waals surface area contributed by atoms with Crippen molar-refractivity contribution < 1.29 is 27.9 Å². The van der Waals surface area contributed by atoms with E-state index in [0.717, 1.165) is 29.1 Å². The maximum absolute atomic E-state index is 13.1. The van der Waals surface area contributed by atoms with Crippen LogP contribution in [0.3, 0.4) is 0 Å². The Bertz CT molecular complexity index is 1630. The summed E-state index contributed by atoms with van der Waals surface area (Å²) in [6, 6.07) is 11.0. The summed E-state index contributed by atoms with van der Waals surface area (Å²) in [4.78, 5) is 37.2. The van der Waals surface area contributed by atoms with Crippen LogP contribution in [0.5, 0.6) is 0 Å². The van der Waals surface area contributed by atoms with Crippen LogP contribution in [0.25, 0.3) is 16.6 Å². The first kappa shape index (κ1) is 30.0. The van der Waals surface area contributed by atoms with Crippen LogP contribution in [0.1, 0.15) is 60.5 Å². The van der Waals surface area contributed by atoms with Gasteiger partial charge >= 0.3 is 5.97 Å². The highest BCUT2D eigenvalue weighted by Gasteiger charge is 2.37. The topological polar surface area (TPSA) is 151 Å². The highest BCUT2D eigenvalue weighted by atomic mass is 79.9. The number of carbonyl (C=O) groups excluding carboxylic acids is 2. The zero-order valence-electron chi connectivity index (χ0n) is 23.5. The van der Waals surface area contributed by atoms with Gasteiger partial charge in [-0.25, -0.2) is 13.1 Å². The smallest absolute Gasteiger partial charge is 0.307 e. The molecule has 3 aromatic rings. The van der Waals surface area contributed by atoms with Crippen LogP contribution in [-0.2, 0) is 19.6 Å². The molecule has 0 radical (unpaired) electrons. The molecule has 3 N–H and O–H groups in total. The van der Waals surface area contributed by atoms with E-state index in [4.69, 9.17) is 5.10 Å². The minimum atomic E-state index is -3.71. The summed E-state index contributed by atoms with van der Waals surface area (Å²) in [5.74, 6) is -2.64. The molecule has 2 aromatic carbocycles. The summed E-state index contributed by atoms with van der Waals surface area (Å²) < 4.78 is 30.0. The molecule has 2 fully saturated rings. The minimum absolute atomic E-state index is 0.118. The third kappa shape index (κ3) is 6.17. The molecule has 0 bridgehead atoms. The monoisotopic (exact) mass is 659 g/mol. The third-order valence-electron chi connectivity index (χ3n) is 8.03. The summed E-state index contributed by atoms with van der Waals surface area (Å²) in [7, 11) is -2.15. The summed E-state index contributed by atoms with van der Waals surface area (Å²) >= 11 is 3.43. The van der Waals surface area contributed by atoms with E-state index in [0.29, 0.717) is 53.7 Å². The predicted octanol–water partition coefficient (Wildman–Crippen LogP) is 3.80. The lowest BCUT2D eigenvalue weighted by atomic mass is 9.95. The van der Waals surface area contributed by atoms with Gasteiger partial charge in [0.15, 0.2) is 0 Å². The van der Waals surface area contributed by atoms with Gasteiger partial charge in [0.2, 0.25) is 15.9 Å². The van der Waals surface area contributed by atoms with Crippen molar-refractivity contribution in [2.75, 3.05) is 30.7 Å². The Kier molecular flexibility index (Phi) is 8.61. The van der Waals surface area contributed by atoms with Crippen LogP contribution in [0.2, 0.25) is 0 Å². The Morgan fingerprint density at radius 1 is 1.10 bits per heavy atom.